The molecule has 0 aliphatic heterocycles. The number of carbonyl (C=O) groups excluding carboxylic acids is 1. The average Bonchev–Trinajstić information content (AvgIpc) is 2.94. The third-order valence-electron chi connectivity index (χ3n) is 5.11. The number of thioether (sulfide) groups is 1. The molecule has 0 amide bonds. The van der Waals surface area contributed by atoms with E-state index in [0.29, 0.717) is 11.7 Å². The Morgan fingerprint density at radius 2 is 2.04 bits per heavy atom. The Kier molecular flexibility index (Phi) is 5.85. The van der Waals surface area contributed by atoms with Crippen LogP contribution in [0.15, 0.2) is 24.3 Å². The Morgan fingerprint density at radius 3 is 2.76 bits per heavy atom. The van der Waals surface area contributed by atoms with E-state index in [2.05, 4.69) is 43.9 Å². The van der Waals surface area contributed by atoms with Gasteiger partial charge in [0.2, 0.25) is 5.91 Å². The highest BCUT2D eigenvalue weighted by Gasteiger charge is 2.26. The molecule has 25 heavy (non-hydrogen) atoms. The molecule has 0 N–H and O–H groups in total. The second kappa shape index (κ2) is 7.92. The number of nitrogens with zero attached hydrogens (tertiary/aromatic N) is 2. The smallest absolute Gasteiger partial charge is 0.241 e. The molecule has 1 aromatic carbocycles. The summed E-state index contributed by atoms with van der Waals surface area (Å²) in [5, 5.41) is 1.24. The fraction of sp³-hybridized carbons (Fsp3) is 0.500. The Labute approximate surface area is 159 Å². The van der Waals surface area contributed by atoms with Crippen LogP contribution in [0.5, 0.6) is 0 Å². The SMILES string of the molecule is CCN(CC)C(=S)SCC(=O)n1c2c(c3ccccc31)C[C@@H](C)CC2. The highest BCUT2D eigenvalue weighted by Crippen LogP contribution is 2.34. The van der Waals surface area contributed by atoms with E-state index in [0.717, 1.165) is 42.2 Å². The lowest BCUT2D eigenvalue weighted by molar-refractivity contribution is 0.0943. The monoisotopic (exact) mass is 374 g/mol. The topological polar surface area (TPSA) is 25.2 Å². The standard InChI is InChI=1S/C20H26N2OS2/c1-4-21(5-2)20(24)25-13-19(23)22-17-9-7-6-8-15(17)16-12-14(3)10-11-18(16)22/h6-9,14H,4-5,10-13H2,1-3H3/t14-/m0/s1. The number of benzene rings is 1. The predicted molar refractivity (Wildman–Crippen MR) is 112 cm³/mol. The second-order valence-electron chi connectivity index (χ2n) is 6.75. The molecule has 134 valence electrons. The van der Waals surface area contributed by atoms with Gasteiger partial charge in [-0.05, 0) is 50.7 Å². The second-order valence-corrected chi connectivity index (χ2v) is 8.36. The summed E-state index contributed by atoms with van der Waals surface area (Å²) in [6.45, 7) is 8.26. The van der Waals surface area contributed by atoms with Crippen molar-refractivity contribution in [2.24, 2.45) is 5.92 Å². The number of rotatable bonds is 4. The van der Waals surface area contributed by atoms with E-state index >= 15 is 0 Å². The summed E-state index contributed by atoms with van der Waals surface area (Å²) >= 11 is 6.97. The van der Waals surface area contributed by atoms with Crippen LogP contribution in [0.1, 0.15) is 43.2 Å². The first kappa shape index (κ1) is 18.5. The zero-order valence-corrected chi connectivity index (χ0v) is 16.9. The minimum Gasteiger partial charge on any atom is -0.358 e. The van der Waals surface area contributed by atoms with Crippen molar-refractivity contribution in [3.8, 4) is 0 Å². The number of carbonyl (C=O) groups is 1. The van der Waals surface area contributed by atoms with Gasteiger partial charge in [-0.15, -0.1) is 0 Å². The zero-order valence-electron chi connectivity index (χ0n) is 15.2. The minimum atomic E-state index is 0.145. The van der Waals surface area contributed by atoms with Gasteiger partial charge >= 0.3 is 0 Å². The summed E-state index contributed by atoms with van der Waals surface area (Å²) < 4.78 is 2.78. The Morgan fingerprint density at radius 1 is 1.32 bits per heavy atom. The molecule has 0 radical (unpaired) electrons. The number of aromatic nitrogens is 1. The lowest BCUT2D eigenvalue weighted by Gasteiger charge is -2.22. The molecule has 1 atom stereocenters. The third kappa shape index (κ3) is 3.63. The van der Waals surface area contributed by atoms with Crippen LogP contribution in [0.2, 0.25) is 0 Å². The van der Waals surface area contributed by atoms with Crippen LogP contribution in [0.25, 0.3) is 10.9 Å². The van der Waals surface area contributed by atoms with Gasteiger partial charge in [0.15, 0.2) is 0 Å². The van der Waals surface area contributed by atoms with E-state index < -0.39 is 0 Å². The van der Waals surface area contributed by atoms with Crippen LogP contribution in [-0.2, 0) is 12.8 Å². The van der Waals surface area contributed by atoms with Gasteiger partial charge in [0, 0.05) is 24.2 Å². The Bertz CT molecular complexity index is 792. The molecule has 3 rings (SSSR count). The molecule has 0 bridgehead atoms. The van der Waals surface area contributed by atoms with Crippen molar-refractivity contribution >= 4 is 45.1 Å². The molecule has 0 fully saturated rings. The van der Waals surface area contributed by atoms with Crippen molar-refractivity contribution in [2.45, 2.75) is 40.0 Å². The van der Waals surface area contributed by atoms with Gasteiger partial charge in [-0.25, -0.2) is 0 Å². The number of thiocarbonyl (C=S) groups is 1. The molecule has 0 spiro atoms. The van der Waals surface area contributed by atoms with Crippen LogP contribution in [0.3, 0.4) is 0 Å². The van der Waals surface area contributed by atoms with Crippen LogP contribution in [0.4, 0.5) is 0 Å². The van der Waals surface area contributed by atoms with Crippen LogP contribution in [-0.4, -0.2) is 38.5 Å². The molecule has 0 saturated carbocycles. The van der Waals surface area contributed by atoms with Crippen molar-refractivity contribution in [1.82, 2.24) is 9.47 Å². The quantitative estimate of drug-likeness (QED) is 0.720. The number of fused-ring (bicyclic) bond motifs is 3. The van der Waals surface area contributed by atoms with Crippen molar-refractivity contribution < 1.29 is 4.79 Å². The van der Waals surface area contributed by atoms with Gasteiger partial charge < -0.3 is 4.90 Å². The molecule has 2 aromatic rings. The molecule has 1 aliphatic carbocycles. The highest BCUT2D eigenvalue weighted by atomic mass is 32.2. The molecular formula is C20H26N2OS2. The number of hydrogen-bond donors (Lipinski definition) is 0. The maximum atomic E-state index is 13.0. The van der Waals surface area contributed by atoms with Gasteiger partial charge in [0.05, 0.1) is 11.3 Å². The van der Waals surface area contributed by atoms with Crippen molar-refractivity contribution in [3.63, 3.8) is 0 Å². The van der Waals surface area contributed by atoms with Crippen molar-refractivity contribution in [2.75, 3.05) is 18.8 Å². The van der Waals surface area contributed by atoms with Crippen LogP contribution in [0, 0.1) is 5.92 Å². The first-order valence-corrected chi connectivity index (χ1v) is 10.5. The van der Waals surface area contributed by atoms with Crippen molar-refractivity contribution in [1.29, 1.82) is 0 Å². The zero-order chi connectivity index (χ0) is 18.0. The van der Waals surface area contributed by atoms with E-state index in [1.807, 2.05) is 10.6 Å². The lowest BCUT2D eigenvalue weighted by Crippen LogP contribution is -2.28. The molecule has 0 saturated heterocycles. The largest absolute Gasteiger partial charge is 0.358 e. The van der Waals surface area contributed by atoms with Gasteiger partial charge in [-0.2, -0.15) is 0 Å². The lowest BCUT2D eigenvalue weighted by atomic mass is 9.88. The summed E-state index contributed by atoms with van der Waals surface area (Å²) in [6.07, 6.45) is 3.21. The maximum absolute atomic E-state index is 13.0. The van der Waals surface area contributed by atoms with E-state index in [1.54, 1.807) is 0 Å². The number of hydrogen-bond acceptors (Lipinski definition) is 3. The predicted octanol–water partition coefficient (Wildman–Crippen LogP) is 4.77. The Balaban J connectivity index is 1.88. The van der Waals surface area contributed by atoms with E-state index in [4.69, 9.17) is 12.2 Å². The minimum absolute atomic E-state index is 0.145. The van der Waals surface area contributed by atoms with Crippen LogP contribution < -0.4 is 0 Å². The molecular weight excluding hydrogens is 348 g/mol. The van der Waals surface area contributed by atoms with E-state index in [-0.39, 0.29) is 5.91 Å². The fourth-order valence-electron chi connectivity index (χ4n) is 3.73. The summed E-state index contributed by atoms with van der Waals surface area (Å²) in [4.78, 5) is 15.2. The summed E-state index contributed by atoms with van der Waals surface area (Å²) in [5.41, 5.74) is 3.65. The summed E-state index contributed by atoms with van der Waals surface area (Å²) in [7, 11) is 0. The van der Waals surface area contributed by atoms with Gasteiger partial charge in [0.25, 0.3) is 0 Å². The summed E-state index contributed by atoms with van der Waals surface area (Å²) in [5.74, 6) is 1.23. The van der Waals surface area contributed by atoms with Gasteiger partial charge in [-0.1, -0.05) is 49.1 Å². The molecule has 1 aliphatic rings. The van der Waals surface area contributed by atoms with E-state index in [9.17, 15) is 4.79 Å². The van der Waals surface area contributed by atoms with E-state index in [1.165, 1.54) is 28.4 Å². The fourth-order valence-corrected chi connectivity index (χ4v) is 4.98. The number of para-hydroxylation sites is 1. The average molecular weight is 375 g/mol. The van der Waals surface area contributed by atoms with Gasteiger partial charge in [0.1, 0.15) is 4.32 Å². The molecule has 0 unspecified atom stereocenters. The third-order valence-corrected chi connectivity index (χ3v) is 6.61. The molecule has 1 heterocycles. The molecule has 3 nitrogen and oxygen atoms in total. The molecule has 5 heteroatoms. The maximum Gasteiger partial charge on any atom is 0.241 e. The molecule has 1 aromatic heterocycles. The highest BCUT2D eigenvalue weighted by molar-refractivity contribution is 8.23. The first-order chi connectivity index (χ1) is 12.1. The van der Waals surface area contributed by atoms with Crippen LogP contribution >= 0.6 is 24.0 Å². The summed E-state index contributed by atoms with van der Waals surface area (Å²) in [6, 6.07) is 8.32. The van der Waals surface area contributed by atoms with Gasteiger partial charge in [-0.3, -0.25) is 9.36 Å². The first-order valence-electron chi connectivity index (χ1n) is 9.12. The normalized spacial score (nSPS) is 16.7. The van der Waals surface area contributed by atoms with Crippen molar-refractivity contribution in [3.05, 3.63) is 35.5 Å². The Hall–Kier alpha value is -1.33.